The second-order valence-electron chi connectivity index (χ2n) is 6.39. The smallest absolute Gasteiger partial charge is 0.242 e. The maximum absolute atomic E-state index is 12.4. The van der Waals surface area contributed by atoms with E-state index in [4.69, 9.17) is 0 Å². The van der Waals surface area contributed by atoms with Crippen molar-refractivity contribution in [2.75, 3.05) is 26.2 Å². The molecule has 2 fully saturated rings. The lowest BCUT2D eigenvalue weighted by Gasteiger charge is -2.33. The number of amides is 2. The Balaban J connectivity index is 1.50. The second-order valence-corrected chi connectivity index (χ2v) is 6.39. The Hall–Kier alpha value is -2.11. The molecular weight excluding hydrogens is 294 g/mol. The van der Waals surface area contributed by atoms with Crippen molar-refractivity contribution in [3.63, 3.8) is 0 Å². The summed E-state index contributed by atoms with van der Waals surface area (Å²) < 4.78 is 1.71. The zero-order valence-corrected chi connectivity index (χ0v) is 13.3. The number of carbonyl (C=O) groups is 2. The zero-order chi connectivity index (χ0) is 16.2. The van der Waals surface area contributed by atoms with Gasteiger partial charge in [-0.25, -0.2) is 0 Å². The third-order valence-corrected chi connectivity index (χ3v) is 4.79. The highest BCUT2D eigenvalue weighted by Gasteiger charge is 2.31. The molecule has 0 N–H and O–H groups in total. The molecule has 0 saturated carbocycles. The van der Waals surface area contributed by atoms with E-state index in [1.807, 2.05) is 9.80 Å². The summed E-state index contributed by atoms with van der Waals surface area (Å²) in [6, 6.07) is 2.91. The van der Waals surface area contributed by atoms with Crippen LogP contribution in [0.5, 0.6) is 0 Å². The average Bonchev–Trinajstić information content (AvgIpc) is 3.11. The molecule has 2 aliphatic rings. The van der Waals surface area contributed by atoms with E-state index in [2.05, 4.69) is 0 Å². The van der Waals surface area contributed by atoms with Gasteiger partial charge in [-0.1, -0.05) is 0 Å². The molecule has 3 heterocycles. The Morgan fingerprint density at radius 1 is 0.957 bits per heavy atom. The van der Waals surface area contributed by atoms with Gasteiger partial charge >= 0.3 is 0 Å². The van der Waals surface area contributed by atoms with E-state index < -0.39 is 0 Å². The number of rotatable bonds is 3. The fourth-order valence-electron chi connectivity index (χ4n) is 3.38. The van der Waals surface area contributed by atoms with E-state index in [-0.39, 0.29) is 29.7 Å². The van der Waals surface area contributed by atoms with Crippen molar-refractivity contribution in [3.8, 4) is 0 Å². The lowest BCUT2D eigenvalue weighted by atomic mass is 9.95. The number of carbonyl (C=O) groups excluding carboxylic acids is 2. The molecule has 23 heavy (non-hydrogen) atoms. The minimum absolute atomic E-state index is 0.0423. The molecule has 1 aromatic heterocycles. The molecule has 124 valence electrons. The lowest BCUT2D eigenvalue weighted by Crippen LogP contribution is -2.44. The lowest BCUT2D eigenvalue weighted by molar-refractivity contribution is -0.140. The number of hydrogen-bond donors (Lipinski definition) is 0. The van der Waals surface area contributed by atoms with Gasteiger partial charge < -0.3 is 14.4 Å². The maximum atomic E-state index is 12.4. The normalized spacial score (nSPS) is 19.1. The third-order valence-electron chi connectivity index (χ3n) is 4.79. The molecular formula is C17H23N3O3. The first-order valence-corrected chi connectivity index (χ1v) is 8.36. The van der Waals surface area contributed by atoms with Crippen LogP contribution < -0.4 is 5.43 Å². The van der Waals surface area contributed by atoms with E-state index in [9.17, 15) is 14.4 Å². The molecule has 6 nitrogen and oxygen atoms in total. The highest BCUT2D eigenvalue weighted by Crippen LogP contribution is 2.22. The number of piperidine rings is 1. The van der Waals surface area contributed by atoms with Gasteiger partial charge in [-0.05, 0) is 25.7 Å². The Morgan fingerprint density at radius 2 is 1.57 bits per heavy atom. The minimum atomic E-state index is -0.0602. The van der Waals surface area contributed by atoms with Crippen LogP contribution >= 0.6 is 0 Å². The van der Waals surface area contributed by atoms with Gasteiger partial charge in [-0.3, -0.25) is 14.4 Å². The van der Waals surface area contributed by atoms with E-state index >= 15 is 0 Å². The Kier molecular flexibility index (Phi) is 4.79. The molecule has 0 aromatic carbocycles. The molecule has 3 rings (SSSR count). The Morgan fingerprint density at radius 3 is 2.17 bits per heavy atom. The summed E-state index contributed by atoms with van der Waals surface area (Å²) in [5, 5.41) is 0. The molecule has 0 bridgehead atoms. The summed E-state index contributed by atoms with van der Waals surface area (Å²) in [4.78, 5) is 39.6. The molecule has 0 aliphatic carbocycles. The molecule has 0 unspecified atom stereocenters. The van der Waals surface area contributed by atoms with E-state index in [0.717, 1.165) is 38.8 Å². The van der Waals surface area contributed by atoms with Crippen molar-refractivity contribution in [2.45, 2.75) is 32.2 Å². The largest absolute Gasteiger partial charge is 0.345 e. The van der Waals surface area contributed by atoms with Crippen molar-refractivity contribution >= 4 is 11.8 Å². The summed E-state index contributed by atoms with van der Waals surface area (Å²) in [7, 11) is 0. The minimum Gasteiger partial charge on any atom is -0.345 e. The molecule has 0 spiro atoms. The average molecular weight is 317 g/mol. The van der Waals surface area contributed by atoms with Gasteiger partial charge in [0.1, 0.15) is 6.54 Å². The molecule has 1 aromatic rings. The Bertz CT molecular complexity index is 606. The standard InChI is InChI=1S/C17H23N3O3/c21-15-5-9-18(10-6-15)13-16(22)19-11-3-14(4-12-19)17(23)20-7-1-2-8-20/h5-6,9-10,14H,1-4,7-8,11-13H2. The fraction of sp³-hybridized carbons (Fsp3) is 0.588. The fourth-order valence-corrected chi connectivity index (χ4v) is 3.38. The molecule has 2 saturated heterocycles. The van der Waals surface area contributed by atoms with Crippen LogP contribution in [0.1, 0.15) is 25.7 Å². The molecule has 2 aliphatic heterocycles. The number of aromatic nitrogens is 1. The number of nitrogens with zero attached hydrogens (tertiary/aromatic N) is 3. The van der Waals surface area contributed by atoms with Gasteiger partial charge in [-0.2, -0.15) is 0 Å². The predicted octanol–water partition coefficient (Wildman–Crippen LogP) is 0.709. The second kappa shape index (κ2) is 6.98. The van der Waals surface area contributed by atoms with Gasteiger partial charge in [0.25, 0.3) is 0 Å². The molecule has 0 atom stereocenters. The molecule has 2 amide bonds. The van der Waals surface area contributed by atoms with Gasteiger partial charge in [0.05, 0.1) is 0 Å². The van der Waals surface area contributed by atoms with Gasteiger partial charge in [0.15, 0.2) is 5.43 Å². The summed E-state index contributed by atoms with van der Waals surface area (Å²) >= 11 is 0. The van der Waals surface area contributed by atoms with Gasteiger partial charge in [-0.15, -0.1) is 0 Å². The van der Waals surface area contributed by atoms with Gasteiger partial charge in [0, 0.05) is 56.6 Å². The topological polar surface area (TPSA) is 62.6 Å². The summed E-state index contributed by atoms with van der Waals surface area (Å²) in [6.45, 7) is 3.31. The first-order chi connectivity index (χ1) is 11.1. The van der Waals surface area contributed by atoms with Crippen molar-refractivity contribution in [1.29, 1.82) is 0 Å². The van der Waals surface area contributed by atoms with Crippen molar-refractivity contribution < 1.29 is 9.59 Å². The monoisotopic (exact) mass is 317 g/mol. The summed E-state index contributed by atoms with van der Waals surface area (Å²) in [5.41, 5.74) is -0.0602. The maximum Gasteiger partial charge on any atom is 0.242 e. The number of likely N-dealkylation sites (tertiary alicyclic amines) is 2. The highest BCUT2D eigenvalue weighted by molar-refractivity contribution is 5.80. The van der Waals surface area contributed by atoms with Crippen molar-refractivity contribution in [2.24, 2.45) is 5.92 Å². The molecule has 6 heteroatoms. The third kappa shape index (κ3) is 3.81. The van der Waals surface area contributed by atoms with Gasteiger partial charge in [0.2, 0.25) is 11.8 Å². The summed E-state index contributed by atoms with van der Waals surface area (Å²) in [6.07, 6.45) is 7.00. The highest BCUT2D eigenvalue weighted by atomic mass is 16.2. The van der Waals surface area contributed by atoms with Crippen LogP contribution in [-0.2, 0) is 16.1 Å². The number of hydrogen-bond acceptors (Lipinski definition) is 3. The van der Waals surface area contributed by atoms with Crippen LogP contribution in [0.2, 0.25) is 0 Å². The Labute approximate surface area is 135 Å². The first kappa shape index (κ1) is 15.8. The molecule has 0 radical (unpaired) electrons. The SMILES string of the molecule is O=C(Cn1ccc(=O)cc1)N1CCC(C(=O)N2CCCC2)CC1. The quantitative estimate of drug-likeness (QED) is 0.825. The zero-order valence-electron chi connectivity index (χ0n) is 13.3. The van der Waals surface area contributed by atoms with Crippen LogP contribution in [0.3, 0.4) is 0 Å². The van der Waals surface area contributed by atoms with Crippen LogP contribution in [0, 0.1) is 5.92 Å². The van der Waals surface area contributed by atoms with Crippen molar-refractivity contribution in [3.05, 3.63) is 34.7 Å². The predicted molar refractivity (Wildman–Crippen MR) is 85.8 cm³/mol. The van der Waals surface area contributed by atoms with Crippen LogP contribution in [0.25, 0.3) is 0 Å². The van der Waals surface area contributed by atoms with Crippen LogP contribution in [0.4, 0.5) is 0 Å². The van der Waals surface area contributed by atoms with E-state index in [0.29, 0.717) is 13.1 Å². The van der Waals surface area contributed by atoms with Crippen LogP contribution in [0.15, 0.2) is 29.3 Å². The van der Waals surface area contributed by atoms with E-state index in [1.54, 1.807) is 17.0 Å². The van der Waals surface area contributed by atoms with Crippen LogP contribution in [-0.4, -0.2) is 52.4 Å². The first-order valence-electron chi connectivity index (χ1n) is 8.36. The summed E-state index contributed by atoms with van der Waals surface area (Å²) in [5.74, 6) is 0.389. The number of pyridine rings is 1. The van der Waals surface area contributed by atoms with E-state index in [1.165, 1.54) is 12.1 Å². The van der Waals surface area contributed by atoms with Crippen molar-refractivity contribution in [1.82, 2.24) is 14.4 Å².